The third-order valence-electron chi connectivity index (χ3n) is 4.89. The zero-order valence-corrected chi connectivity index (χ0v) is 15.2. The minimum absolute atomic E-state index is 0.0988. The number of carbonyl (C=O) groups excluding carboxylic acids is 1. The van der Waals surface area contributed by atoms with E-state index in [-0.39, 0.29) is 5.91 Å². The van der Waals surface area contributed by atoms with Crippen LogP contribution in [0.1, 0.15) is 41.6 Å². The number of hydrogen-bond acceptors (Lipinski definition) is 3. The lowest BCUT2D eigenvalue weighted by molar-refractivity contribution is 0.0724. The molecule has 2 aromatic rings. The summed E-state index contributed by atoms with van der Waals surface area (Å²) in [5.74, 6) is -0.0988. The maximum Gasteiger partial charge on any atom is 0.260 e. The zero-order chi connectivity index (χ0) is 17.4. The molecule has 0 N–H and O–H groups in total. The Balaban J connectivity index is 1.76. The fourth-order valence-electron chi connectivity index (χ4n) is 3.66. The molecule has 1 aliphatic carbocycles. The average Bonchev–Trinajstić information content (AvgIpc) is 3.21. The van der Waals surface area contributed by atoms with Crippen LogP contribution >= 0.6 is 23.8 Å². The van der Waals surface area contributed by atoms with E-state index < -0.39 is 5.66 Å². The Morgan fingerprint density at radius 3 is 2.32 bits per heavy atom. The van der Waals surface area contributed by atoms with Crippen molar-refractivity contribution in [1.29, 1.82) is 0 Å². The lowest BCUT2D eigenvalue weighted by Crippen LogP contribution is -2.48. The van der Waals surface area contributed by atoms with Gasteiger partial charge in [-0.1, -0.05) is 54.2 Å². The summed E-state index contributed by atoms with van der Waals surface area (Å²) in [6.45, 7) is 0. The Morgan fingerprint density at radius 1 is 1.04 bits per heavy atom. The maximum absolute atomic E-state index is 13.2. The van der Waals surface area contributed by atoms with Gasteiger partial charge in [0.15, 0.2) is 0 Å². The highest BCUT2D eigenvalue weighted by molar-refractivity contribution is 7.82. The third-order valence-corrected chi connectivity index (χ3v) is 5.52. The van der Waals surface area contributed by atoms with E-state index in [4.69, 9.17) is 28.8 Å². The minimum atomic E-state index is -0.529. The molecular weight excluding hydrogens is 352 g/mol. The summed E-state index contributed by atoms with van der Waals surface area (Å²) in [5.41, 5.74) is 1.77. The highest BCUT2D eigenvalue weighted by Crippen LogP contribution is 2.42. The predicted octanol–water partition coefficient (Wildman–Crippen LogP) is 4.88. The van der Waals surface area contributed by atoms with Crippen LogP contribution in [-0.2, 0) is 0 Å². The minimum Gasteiger partial charge on any atom is -0.271 e. The Kier molecular flexibility index (Phi) is 4.18. The van der Waals surface area contributed by atoms with Crippen LogP contribution in [0.15, 0.2) is 59.6 Å². The Bertz CT molecular complexity index is 855. The molecule has 5 heteroatoms. The predicted molar refractivity (Wildman–Crippen MR) is 104 cm³/mol. The monoisotopic (exact) mass is 368 g/mol. The number of benzene rings is 2. The van der Waals surface area contributed by atoms with Crippen molar-refractivity contribution in [2.24, 2.45) is 4.99 Å². The molecule has 1 saturated carbocycles. The molecule has 1 amide bonds. The first kappa shape index (κ1) is 16.4. The molecule has 1 spiro atoms. The number of hydrogen-bond donors (Lipinski definition) is 0. The van der Waals surface area contributed by atoms with Gasteiger partial charge >= 0.3 is 0 Å². The van der Waals surface area contributed by atoms with Gasteiger partial charge in [-0.3, -0.25) is 14.7 Å². The molecular formula is C20H17ClN2OS. The molecule has 2 aliphatic rings. The Labute approximate surface area is 157 Å². The summed E-state index contributed by atoms with van der Waals surface area (Å²) in [6.07, 6.45) is 3.81. The first-order chi connectivity index (χ1) is 12.1. The maximum atomic E-state index is 13.2. The van der Waals surface area contributed by atoms with E-state index in [0.29, 0.717) is 15.6 Å². The van der Waals surface area contributed by atoms with Gasteiger partial charge in [0.1, 0.15) is 16.4 Å². The molecule has 2 aromatic carbocycles. The van der Waals surface area contributed by atoms with Crippen molar-refractivity contribution in [2.45, 2.75) is 31.3 Å². The second kappa shape index (κ2) is 6.36. The van der Waals surface area contributed by atoms with Gasteiger partial charge in [-0.15, -0.1) is 0 Å². The lowest BCUT2D eigenvalue weighted by atomic mass is 10.1. The van der Waals surface area contributed by atoms with Crippen LogP contribution in [-0.4, -0.2) is 27.2 Å². The molecule has 0 atom stereocenters. The van der Waals surface area contributed by atoms with E-state index in [2.05, 4.69) is 0 Å². The second-order valence-corrected chi connectivity index (χ2v) is 7.29. The second-order valence-electron chi connectivity index (χ2n) is 6.47. The first-order valence-electron chi connectivity index (χ1n) is 8.40. The van der Waals surface area contributed by atoms with Crippen LogP contribution in [0.3, 0.4) is 0 Å². The molecule has 0 saturated heterocycles. The van der Waals surface area contributed by atoms with Gasteiger partial charge in [0.25, 0.3) is 5.91 Å². The number of rotatable bonds is 2. The van der Waals surface area contributed by atoms with Gasteiger partial charge in [0.05, 0.1) is 0 Å². The Morgan fingerprint density at radius 2 is 1.68 bits per heavy atom. The van der Waals surface area contributed by atoms with Crippen LogP contribution in [0, 0.1) is 0 Å². The van der Waals surface area contributed by atoms with Gasteiger partial charge in [-0.05, 0) is 49.9 Å². The highest BCUT2D eigenvalue weighted by Gasteiger charge is 2.50. The highest BCUT2D eigenvalue weighted by atomic mass is 35.5. The van der Waals surface area contributed by atoms with E-state index in [9.17, 15) is 4.79 Å². The molecule has 3 nitrogen and oxygen atoms in total. The molecule has 1 fully saturated rings. The quantitative estimate of drug-likeness (QED) is 0.707. The summed E-state index contributed by atoms with van der Waals surface area (Å²) in [5, 5.41) is 0.609. The lowest BCUT2D eigenvalue weighted by Gasteiger charge is -2.32. The summed E-state index contributed by atoms with van der Waals surface area (Å²) in [6, 6.07) is 16.8. The van der Waals surface area contributed by atoms with Crippen LogP contribution in [0.25, 0.3) is 0 Å². The van der Waals surface area contributed by atoms with E-state index in [0.717, 1.165) is 37.0 Å². The van der Waals surface area contributed by atoms with Crippen molar-refractivity contribution in [3.8, 4) is 0 Å². The number of aliphatic imine (C=N–C) groups is 1. The van der Waals surface area contributed by atoms with Crippen LogP contribution in [0.4, 0.5) is 0 Å². The molecule has 4 rings (SSSR count). The topological polar surface area (TPSA) is 32.7 Å². The van der Waals surface area contributed by atoms with E-state index >= 15 is 0 Å². The van der Waals surface area contributed by atoms with Gasteiger partial charge in [-0.25, -0.2) is 0 Å². The fourth-order valence-corrected chi connectivity index (χ4v) is 4.21. The molecule has 0 bridgehead atoms. The number of carbonyl (C=O) groups is 1. The third kappa shape index (κ3) is 2.79. The molecule has 0 aromatic heterocycles. The van der Waals surface area contributed by atoms with Crippen molar-refractivity contribution in [1.82, 2.24) is 4.90 Å². The normalized spacial score (nSPS) is 18.7. The number of thiocarbonyl (C=S) groups is 1. The van der Waals surface area contributed by atoms with Crippen molar-refractivity contribution in [3.05, 3.63) is 70.7 Å². The molecule has 1 aliphatic heterocycles. The molecule has 126 valence electrons. The van der Waals surface area contributed by atoms with Crippen molar-refractivity contribution >= 4 is 40.4 Å². The fraction of sp³-hybridized carbons (Fsp3) is 0.250. The van der Waals surface area contributed by atoms with E-state index in [1.165, 1.54) is 0 Å². The smallest absolute Gasteiger partial charge is 0.260 e. The van der Waals surface area contributed by atoms with Gasteiger partial charge in [0, 0.05) is 16.1 Å². The zero-order valence-electron chi connectivity index (χ0n) is 13.6. The van der Waals surface area contributed by atoms with Gasteiger partial charge in [-0.2, -0.15) is 0 Å². The van der Waals surface area contributed by atoms with Crippen molar-refractivity contribution in [3.63, 3.8) is 0 Å². The van der Waals surface area contributed by atoms with E-state index in [1.54, 1.807) is 29.2 Å². The number of halogens is 1. The molecule has 25 heavy (non-hydrogen) atoms. The largest absolute Gasteiger partial charge is 0.271 e. The molecule has 0 unspecified atom stereocenters. The SMILES string of the molecule is O=C(c1ccc(Cl)cc1)N1C(=S)C(c2ccccc2)=NC12CCCC2. The van der Waals surface area contributed by atoms with Crippen LogP contribution in [0.5, 0.6) is 0 Å². The van der Waals surface area contributed by atoms with Gasteiger partial charge < -0.3 is 0 Å². The van der Waals surface area contributed by atoms with E-state index in [1.807, 2.05) is 30.3 Å². The average molecular weight is 369 g/mol. The van der Waals surface area contributed by atoms with Crippen molar-refractivity contribution in [2.75, 3.05) is 0 Å². The first-order valence-corrected chi connectivity index (χ1v) is 9.19. The van der Waals surface area contributed by atoms with Crippen molar-refractivity contribution < 1.29 is 4.79 Å². The van der Waals surface area contributed by atoms with Gasteiger partial charge in [0.2, 0.25) is 0 Å². The number of nitrogens with zero attached hydrogens (tertiary/aromatic N) is 2. The standard InChI is InChI=1S/C20H17ClN2OS/c21-16-10-8-15(9-11-16)18(24)23-19(25)17(14-6-2-1-3-7-14)22-20(23)12-4-5-13-20/h1-3,6-11H,4-5,12-13H2. The summed E-state index contributed by atoms with van der Waals surface area (Å²) >= 11 is 11.7. The summed E-state index contributed by atoms with van der Waals surface area (Å²) in [7, 11) is 0. The molecule has 1 heterocycles. The summed E-state index contributed by atoms with van der Waals surface area (Å²) < 4.78 is 0. The number of amides is 1. The Hall–Kier alpha value is -2.04. The summed E-state index contributed by atoms with van der Waals surface area (Å²) in [4.78, 5) is 20.5. The van der Waals surface area contributed by atoms with Crippen LogP contribution in [0.2, 0.25) is 5.02 Å². The molecule has 0 radical (unpaired) electrons. The van der Waals surface area contributed by atoms with Crippen LogP contribution < -0.4 is 0 Å².